The molecule has 1 N–H and O–H groups in total. The van der Waals surface area contributed by atoms with E-state index in [-0.39, 0.29) is 6.04 Å². The molecule has 32 heavy (non-hydrogen) atoms. The summed E-state index contributed by atoms with van der Waals surface area (Å²) in [5.41, 5.74) is 1.95. The highest BCUT2D eigenvalue weighted by atomic mass is 19.4. The van der Waals surface area contributed by atoms with Crippen LogP contribution in [0.2, 0.25) is 0 Å². The topological polar surface area (TPSA) is 36.4 Å². The maximum Gasteiger partial charge on any atom is 0.416 e. The number of pyridine rings is 1. The number of halogens is 3. The number of benzene rings is 2. The first-order valence-electron chi connectivity index (χ1n) is 11.0. The van der Waals surface area contributed by atoms with Gasteiger partial charge < -0.3 is 5.11 Å². The van der Waals surface area contributed by atoms with Gasteiger partial charge in [0.2, 0.25) is 0 Å². The van der Waals surface area contributed by atoms with E-state index in [1.165, 1.54) is 12.1 Å². The van der Waals surface area contributed by atoms with E-state index in [1.54, 1.807) is 6.20 Å². The number of aliphatic hydroxyl groups excluding tert-OH is 1. The molecule has 3 nitrogen and oxygen atoms in total. The Bertz CT molecular complexity index is 1120. The first-order valence-corrected chi connectivity index (χ1v) is 11.0. The molecule has 3 fully saturated rings. The monoisotopic (exact) mass is 438 g/mol. The minimum Gasteiger partial charge on any atom is -0.387 e. The molecular formula is C26H25F3N2O. The fraction of sp³-hybridized carbons (Fsp3) is 0.346. The zero-order valence-electron chi connectivity index (χ0n) is 17.5. The molecule has 3 aliphatic rings. The van der Waals surface area contributed by atoms with Crippen molar-refractivity contribution >= 4 is 17.0 Å². The summed E-state index contributed by atoms with van der Waals surface area (Å²) >= 11 is 0. The zero-order valence-corrected chi connectivity index (χ0v) is 17.5. The summed E-state index contributed by atoms with van der Waals surface area (Å²) in [7, 11) is 0. The molecule has 1 unspecified atom stereocenters. The van der Waals surface area contributed by atoms with Crippen LogP contribution in [0.4, 0.5) is 13.2 Å². The van der Waals surface area contributed by atoms with E-state index >= 15 is 0 Å². The average molecular weight is 438 g/mol. The van der Waals surface area contributed by atoms with Crippen LogP contribution in [0.15, 0.2) is 66.9 Å². The predicted molar refractivity (Wildman–Crippen MR) is 119 cm³/mol. The average Bonchev–Trinajstić information content (AvgIpc) is 2.82. The molecule has 166 valence electrons. The number of nitrogens with zero attached hydrogens (tertiary/aromatic N) is 2. The third kappa shape index (κ3) is 4.05. The number of alkyl halides is 3. The van der Waals surface area contributed by atoms with Crippen molar-refractivity contribution in [1.82, 2.24) is 9.88 Å². The standard InChI is InChI=1S/C26H25F3N2O/c27-26(28,29)20-9-6-17(7-10-20)5-8-19-16-31-14-12-18(19)15-24(31)25(32)22-11-13-30-23-4-2-1-3-21(22)23/h1-11,13,18-19,24-25,32H,12,14-16H2/b8-5+/t18-,19-,24+,25-/m0/s1. The molecule has 0 aliphatic carbocycles. The van der Waals surface area contributed by atoms with Gasteiger partial charge in [-0.25, -0.2) is 0 Å². The molecule has 3 aliphatic heterocycles. The van der Waals surface area contributed by atoms with Gasteiger partial charge in [0, 0.05) is 24.2 Å². The molecule has 0 amide bonds. The van der Waals surface area contributed by atoms with Gasteiger partial charge in [0.05, 0.1) is 17.2 Å². The Hall–Kier alpha value is -2.70. The maximum atomic E-state index is 12.8. The van der Waals surface area contributed by atoms with Crippen LogP contribution in [0.1, 0.15) is 35.6 Å². The summed E-state index contributed by atoms with van der Waals surface area (Å²) in [6.45, 7) is 1.81. The van der Waals surface area contributed by atoms with E-state index in [0.717, 1.165) is 60.1 Å². The number of hydrogen-bond donors (Lipinski definition) is 1. The number of aliphatic hydroxyl groups is 1. The van der Waals surface area contributed by atoms with Gasteiger partial charge in [-0.3, -0.25) is 9.88 Å². The Balaban J connectivity index is 1.30. The van der Waals surface area contributed by atoms with Crippen molar-refractivity contribution in [3.63, 3.8) is 0 Å². The molecule has 5 atom stereocenters. The highest BCUT2D eigenvalue weighted by molar-refractivity contribution is 5.82. The largest absolute Gasteiger partial charge is 0.416 e. The fourth-order valence-electron chi connectivity index (χ4n) is 5.26. The molecule has 3 aromatic rings. The van der Waals surface area contributed by atoms with Crippen LogP contribution in [0.3, 0.4) is 0 Å². The summed E-state index contributed by atoms with van der Waals surface area (Å²) in [5.74, 6) is 0.794. The molecule has 0 radical (unpaired) electrons. The minimum absolute atomic E-state index is 0.0651. The molecule has 6 heteroatoms. The van der Waals surface area contributed by atoms with Gasteiger partial charge in [0.25, 0.3) is 0 Å². The van der Waals surface area contributed by atoms with Crippen LogP contribution in [0.5, 0.6) is 0 Å². The van der Waals surface area contributed by atoms with Crippen molar-refractivity contribution in [3.8, 4) is 0 Å². The molecular weight excluding hydrogens is 413 g/mol. The molecule has 3 saturated heterocycles. The van der Waals surface area contributed by atoms with E-state index < -0.39 is 17.8 Å². The van der Waals surface area contributed by atoms with E-state index in [2.05, 4.69) is 16.0 Å². The summed E-state index contributed by atoms with van der Waals surface area (Å²) in [6.07, 6.45) is 2.90. The number of aromatic nitrogens is 1. The number of hydrogen-bond acceptors (Lipinski definition) is 3. The quantitative estimate of drug-likeness (QED) is 0.567. The molecule has 6 rings (SSSR count). The normalized spacial score (nSPS) is 26.6. The Kier molecular flexibility index (Phi) is 5.51. The highest BCUT2D eigenvalue weighted by Crippen LogP contribution is 2.42. The van der Waals surface area contributed by atoms with Crippen molar-refractivity contribution in [2.75, 3.05) is 13.1 Å². The van der Waals surface area contributed by atoms with Gasteiger partial charge in [-0.05, 0) is 66.6 Å². The van der Waals surface area contributed by atoms with E-state index in [4.69, 9.17) is 0 Å². The zero-order chi connectivity index (χ0) is 22.3. The number of fused-ring (bicyclic) bond motifs is 4. The first kappa shape index (κ1) is 21.2. The maximum absolute atomic E-state index is 12.8. The summed E-state index contributed by atoms with van der Waals surface area (Å²) in [4.78, 5) is 6.77. The van der Waals surface area contributed by atoms with E-state index in [1.807, 2.05) is 36.4 Å². The van der Waals surface area contributed by atoms with Gasteiger partial charge in [-0.2, -0.15) is 13.2 Å². The Labute approximate surface area is 185 Å². The Morgan fingerprint density at radius 3 is 2.56 bits per heavy atom. The van der Waals surface area contributed by atoms with Crippen LogP contribution < -0.4 is 0 Å². The van der Waals surface area contributed by atoms with Crippen LogP contribution in [0.25, 0.3) is 17.0 Å². The van der Waals surface area contributed by atoms with Crippen molar-refractivity contribution in [2.24, 2.45) is 11.8 Å². The van der Waals surface area contributed by atoms with E-state index in [9.17, 15) is 18.3 Å². The van der Waals surface area contributed by atoms with Crippen molar-refractivity contribution in [3.05, 3.63) is 83.6 Å². The summed E-state index contributed by atoms with van der Waals surface area (Å²) in [6, 6.07) is 15.1. The smallest absolute Gasteiger partial charge is 0.387 e. The SMILES string of the molecule is O[C@@H](c1ccnc2ccccc12)[C@H]1C[C@@H]2CCN1C[C@@H]2/C=C/c1ccc(C(F)(F)F)cc1. The molecule has 4 heterocycles. The van der Waals surface area contributed by atoms with Gasteiger partial charge in [0.15, 0.2) is 0 Å². The molecule has 2 aromatic carbocycles. The molecule has 0 spiro atoms. The predicted octanol–water partition coefficient (Wildman–Crippen LogP) is 5.71. The second-order valence-electron chi connectivity index (χ2n) is 8.85. The number of para-hydroxylation sites is 1. The molecule has 2 bridgehead atoms. The van der Waals surface area contributed by atoms with E-state index in [0.29, 0.717) is 11.8 Å². The van der Waals surface area contributed by atoms with Gasteiger partial charge >= 0.3 is 6.18 Å². The Morgan fingerprint density at radius 2 is 1.84 bits per heavy atom. The fourth-order valence-corrected chi connectivity index (χ4v) is 5.26. The Morgan fingerprint density at radius 1 is 1.06 bits per heavy atom. The third-order valence-corrected chi connectivity index (χ3v) is 6.99. The van der Waals surface area contributed by atoms with Crippen molar-refractivity contribution in [1.29, 1.82) is 0 Å². The van der Waals surface area contributed by atoms with Gasteiger partial charge in [-0.15, -0.1) is 0 Å². The van der Waals surface area contributed by atoms with Crippen molar-refractivity contribution < 1.29 is 18.3 Å². The minimum atomic E-state index is -4.31. The highest BCUT2D eigenvalue weighted by Gasteiger charge is 2.42. The van der Waals surface area contributed by atoms with Gasteiger partial charge in [0.1, 0.15) is 0 Å². The summed E-state index contributed by atoms with van der Waals surface area (Å²) in [5, 5.41) is 12.3. The van der Waals surface area contributed by atoms with Crippen LogP contribution >= 0.6 is 0 Å². The second kappa shape index (κ2) is 8.34. The second-order valence-corrected chi connectivity index (χ2v) is 8.85. The molecule has 1 aromatic heterocycles. The number of piperidine rings is 3. The van der Waals surface area contributed by atoms with Gasteiger partial charge in [-0.1, -0.05) is 42.5 Å². The molecule has 0 saturated carbocycles. The van der Waals surface area contributed by atoms with Crippen LogP contribution in [-0.4, -0.2) is 34.1 Å². The van der Waals surface area contributed by atoms with Crippen LogP contribution in [0, 0.1) is 11.8 Å². The van der Waals surface area contributed by atoms with Crippen LogP contribution in [-0.2, 0) is 6.18 Å². The first-order chi connectivity index (χ1) is 15.4. The lowest BCUT2D eigenvalue weighted by Crippen LogP contribution is -2.54. The lowest BCUT2D eigenvalue weighted by atomic mass is 9.73. The lowest BCUT2D eigenvalue weighted by Gasteiger charge is -2.50. The number of rotatable bonds is 4. The van der Waals surface area contributed by atoms with Crippen molar-refractivity contribution in [2.45, 2.75) is 31.2 Å². The summed E-state index contributed by atoms with van der Waals surface area (Å²) < 4.78 is 38.3. The lowest BCUT2D eigenvalue weighted by molar-refractivity contribution is -0.137. The third-order valence-electron chi connectivity index (χ3n) is 6.99.